The van der Waals surface area contributed by atoms with Crippen molar-refractivity contribution in [2.24, 2.45) is 0 Å². The van der Waals surface area contributed by atoms with Gasteiger partial charge in [0.1, 0.15) is 0 Å². The first kappa shape index (κ1) is 10.4. The van der Waals surface area contributed by atoms with E-state index in [0.717, 1.165) is 16.3 Å². The lowest BCUT2D eigenvalue weighted by molar-refractivity contribution is -0.134. The summed E-state index contributed by atoms with van der Waals surface area (Å²) in [6.45, 7) is 0. The molecule has 0 saturated heterocycles. The summed E-state index contributed by atoms with van der Waals surface area (Å²) in [6.07, 6.45) is 3.20. The predicted molar refractivity (Wildman–Crippen MR) is 65.0 cm³/mol. The van der Waals surface area contributed by atoms with Crippen molar-refractivity contribution in [1.82, 2.24) is 0 Å². The first-order valence-corrected chi connectivity index (χ1v) is 5.05. The van der Waals surface area contributed by atoms with E-state index in [-0.39, 0.29) is 5.97 Å². The molecule has 0 atom stereocenters. The van der Waals surface area contributed by atoms with Crippen LogP contribution in [0.3, 0.4) is 0 Å². The van der Waals surface area contributed by atoms with Gasteiger partial charge >= 0.3 is 5.97 Å². The van der Waals surface area contributed by atoms with Crippen LogP contribution >= 0.6 is 0 Å². The molecule has 80 valence electrons. The lowest BCUT2D eigenvalue weighted by Crippen LogP contribution is -1.93. The molecule has 0 heterocycles. The van der Waals surface area contributed by atoms with Crippen molar-refractivity contribution in [3.63, 3.8) is 0 Å². The maximum atomic E-state index is 11.0. The van der Waals surface area contributed by atoms with Crippen LogP contribution in [-0.2, 0) is 9.53 Å². The number of fused-ring (bicyclic) bond motifs is 1. The summed E-state index contributed by atoms with van der Waals surface area (Å²) in [5.74, 6) is -0.340. The number of benzene rings is 2. The fourth-order valence-corrected chi connectivity index (χ4v) is 1.62. The van der Waals surface area contributed by atoms with Crippen LogP contribution in [0.1, 0.15) is 5.56 Å². The van der Waals surface area contributed by atoms with E-state index in [1.807, 2.05) is 42.5 Å². The SMILES string of the molecule is COC(=O)C=Cc1cccc2ccccc12. The van der Waals surface area contributed by atoms with E-state index in [1.54, 1.807) is 6.08 Å². The third-order valence-corrected chi connectivity index (χ3v) is 2.42. The number of ether oxygens (including phenoxy) is 1. The molecule has 2 heteroatoms. The molecule has 0 amide bonds. The molecule has 0 fully saturated rings. The number of carbonyl (C=O) groups is 1. The molecule has 0 aromatic heterocycles. The molecule has 0 aliphatic carbocycles. The minimum Gasteiger partial charge on any atom is -0.466 e. The Morgan fingerprint density at radius 2 is 1.88 bits per heavy atom. The summed E-state index contributed by atoms with van der Waals surface area (Å²) in [5, 5.41) is 2.29. The molecule has 16 heavy (non-hydrogen) atoms. The Hall–Kier alpha value is -2.09. The standard InChI is InChI=1S/C14H12O2/c1-16-14(15)10-9-12-7-4-6-11-5-2-3-8-13(11)12/h2-10H,1H3. The fraction of sp³-hybridized carbons (Fsp3) is 0.0714. The van der Waals surface area contributed by atoms with Gasteiger partial charge in [-0.15, -0.1) is 0 Å². The van der Waals surface area contributed by atoms with E-state index in [9.17, 15) is 4.79 Å². The van der Waals surface area contributed by atoms with Crippen molar-refractivity contribution >= 4 is 22.8 Å². The zero-order valence-electron chi connectivity index (χ0n) is 9.01. The van der Waals surface area contributed by atoms with E-state index < -0.39 is 0 Å². The van der Waals surface area contributed by atoms with Gasteiger partial charge in [0.05, 0.1) is 7.11 Å². The molecular weight excluding hydrogens is 200 g/mol. The highest BCUT2D eigenvalue weighted by Crippen LogP contribution is 2.19. The molecule has 0 unspecified atom stereocenters. The van der Waals surface area contributed by atoms with E-state index in [1.165, 1.54) is 13.2 Å². The monoisotopic (exact) mass is 212 g/mol. The van der Waals surface area contributed by atoms with Gasteiger partial charge in [-0.25, -0.2) is 4.79 Å². The van der Waals surface area contributed by atoms with Gasteiger partial charge in [0.25, 0.3) is 0 Å². The zero-order chi connectivity index (χ0) is 11.4. The number of hydrogen-bond acceptors (Lipinski definition) is 2. The van der Waals surface area contributed by atoms with Gasteiger partial charge in [-0.2, -0.15) is 0 Å². The second-order valence-corrected chi connectivity index (χ2v) is 3.42. The van der Waals surface area contributed by atoms with Crippen molar-refractivity contribution in [3.05, 3.63) is 54.1 Å². The lowest BCUT2D eigenvalue weighted by atomic mass is 10.0. The van der Waals surface area contributed by atoms with Gasteiger partial charge in [0.2, 0.25) is 0 Å². The van der Waals surface area contributed by atoms with E-state index in [0.29, 0.717) is 0 Å². The zero-order valence-corrected chi connectivity index (χ0v) is 9.01. The number of esters is 1. The van der Waals surface area contributed by atoms with Gasteiger partial charge in [-0.1, -0.05) is 42.5 Å². The van der Waals surface area contributed by atoms with Crippen LogP contribution in [0, 0.1) is 0 Å². The maximum absolute atomic E-state index is 11.0. The molecule has 0 aliphatic rings. The summed E-state index contributed by atoms with van der Waals surface area (Å²) in [5.41, 5.74) is 1.02. The van der Waals surface area contributed by atoms with E-state index in [2.05, 4.69) is 4.74 Å². The predicted octanol–water partition coefficient (Wildman–Crippen LogP) is 3.03. The van der Waals surface area contributed by atoms with Crippen molar-refractivity contribution in [2.75, 3.05) is 7.11 Å². The average Bonchev–Trinajstić information content (AvgIpc) is 2.35. The second-order valence-electron chi connectivity index (χ2n) is 3.42. The van der Waals surface area contributed by atoms with Gasteiger partial charge in [0.15, 0.2) is 0 Å². The summed E-state index contributed by atoms with van der Waals surface area (Å²) < 4.78 is 4.56. The normalized spacial score (nSPS) is 10.8. The largest absolute Gasteiger partial charge is 0.466 e. The van der Waals surface area contributed by atoms with E-state index in [4.69, 9.17) is 0 Å². The minimum absolute atomic E-state index is 0.340. The Balaban J connectivity index is 2.45. The van der Waals surface area contributed by atoms with Crippen LogP contribution in [-0.4, -0.2) is 13.1 Å². The Morgan fingerprint density at radius 1 is 1.12 bits per heavy atom. The maximum Gasteiger partial charge on any atom is 0.330 e. The highest BCUT2D eigenvalue weighted by Gasteiger charge is 1.97. The molecule has 2 nitrogen and oxygen atoms in total. The molecule has 0 N–H and O–H groups in total. The second kappa shape index (κ2) is 4.62. The molecule has 0 bridgehead atoms. The summed E-state index contributed by atoms with van der Waals surface area (Å²) in [4.78, 5) is 11.0. The average molecular weight is 212 g/mol. The molecule has 2 rings (SSSR count). The number of carbonyl (C=O) groups excluding carboxylic acids is 1. The smallest absolute Gasteiger partial charge is 0.330 e. The van der Waals surface area contributed by atoms with Crippen molar-refractivity contribution in [2.45, 2.75) is 0 Å². The number of methoxy groups -OCH3 is 1. The summed E-state index contributed by atoms with van der Waals surface area (Å²) in [6, 6.07) is 14.1. The first-order chi connectivity index (χ1) is 7.81. The Bertz CT molecular complexity index is 536. The molecule has 0 saturated carbocycles. The van der Waals surface area contributed by atoms with Crippen LogP contribution in [0.2, 0.25) is 0 Å². The first-order valence-electron chi connectivity index (χ1n) is 5.05. The van der Waals surface area contributed by atoms with Crippen LogP contribution in [0.25, 0.3) is 16.8 Å². The van der Waals surface area contributed by atoms with Crippen LogP contribution in [0.4, 0.5) is 0 Å². The molecule has 0 spiro atoms. The van der Waals surface area contributed by atoms with Crippen LogP contribution in [0.5, 0.6) is 0 Å². The lowest BCUT2D eigenvalue weighted by Gasteiger charge is -2.01. The van der Waals surface area contributed by atoms with Crippen LogP contribution in [0.15, 0.2) is 48.5 Å². The van der Waals surface area contributed by atoms with Crippen molar-refractivity contribution < 1.29 is 9.53 Å². The number of hydrogen-bond donors (Lipinski definition) is 0. The quantitative estimate of drug-likeness (QED) is 0.565. The van der Waals surface area contributed by atoms with Gasteiger partial charge < -0.3 is 4.74 Å². The molecular formula is C14H12O2. The minimum atomic E-state index is -0.340. The Kier molecular flexibility index (Phi) is 3.01. The van der Waals surface area contributed by atoms with Crippen molar-refractivity contribution in [3.8, 4) is 0 Å². The number of rotatable bonds is 2. The molecule has 2 aromatic carbocycles. The molecule has 0 radical (unpaired) electrons. The highest BCUT2D eigenvalue weighted by atomic mass is 16.5. The Labute approximate surface area is 94.2 Å². The van der Waals surface area contributed by atoms with Crippen LogP contribution < -0.4 is 0 Å². The highest BCUT2D eigenvalue weighted by molar-refractivity contribution is 5.94. The van der Waals surface area contributed by atoms with Crippen molar-refractivity contribution in [1.29, 1.82) is 0 Å². The summed E-state index contributed by atoms with van der Waals surface area (Å²) >= 11 is 0. The molecule has 2 aromatic rings. The third-order valence-electron chi connectivity index (χ3n) is 2.42. The molecule has 0 aliphatic heterocycles. The topological polar surface area (TPSA) is 26.3 Å². The third kappa shape index (κ3) is 2.11. The van der Waals surface area contributed by atoms with E-state index >= 15 is 0 Å². The van der Waals surface area contributed by atoms with Gasteiger partial charge in [0, 0.05) is 6.08 Å². The fourth-order valence-electron chi connectivity index (χ4n) is 1.62. The Morgan fingerprint density at radius 3 is 2.69 bits per heavy atom. The van der Waals surface area contributed by atoms with Gasteiger partial charge in [-0.05, 0) is 22.4 Å². The summed E-state index contributed by atoms with van der Waals surface area (Å²) in [7, 11) is 1.37. The van der Waals surface area contributed by atoms with Gasteiger partial charge in [-0.3, -0.25) is 0 Å².